The largest absolute Gasteiger partial charge is 0.493 e. The van der Waals surface area contributed by atoms with Crippen LogP contribution in [0.3, 0.4) is 0 Å². The van der Waals surface area contributed by atoms with Crippen molar-refractivity contribution in [1.29, 1.82) is 0 Å². The van der Waals surface area contributed by atoms with Crippen LogP contribution in [0.25, 0.3) is 6.08 Å². The summed E-state index contributed by atoms with van der Waals surface area (Å²) in [5, 5.41) is 0.607. The molecule has 0 amide bonds. The number of esters is 1. The fraction of sp³-hybridized carbons (Fsp3) is 0.174. The van der Waals surface area contributed by atoms with Crippen molar-refractivity contribution in [3.05, 3.63) is 76.5 Å². The van der Waals surface area contributed by atoms with Crippen molar-refractivity contribution in [1.82, 2.24) is 0 Å². The Bertz CT molecular complexity index is 1050. The predicted molar refractivity (Wildman–Crippen MR) is 111 cm³/mol. The molecule has 0 saturated carbocycles. The highest BCUT2D eigenvalue weighted by Crippen LogP contribution is 2.30. The van der Waals surface area contributed by atoms with Gasteiger partial charge in [0.25, 0.3) is 0 Å². The van der Waals surface area contributed by atoms with E-state index in [2.05, 4.69) is 0 Å². The Balaban J connectivity index is 1.71. The lowest BCUT2D eigenvalue weighted by atomic mass is 9.96. The van der Waals surface area contributed by atoms with Crippen molar-refractivity contribution in [3.8, 4) is 11.5 Å². The summed E-state index contributed by atoms with van der Waals surface area (Å²) < 4.78 is 16.0. The van der Waals surface area contributed by atoms with Crippen LogP contribution in [0.2, 0.25) is 5.02 Å². The Hall–Kier alpha value is -3.38. The molecule has 2 aromatic rings. The smallest absolute Gasteiger partial charge is 0.329 e. The number of cyclic esters (lactones) is 1. The van der Waals surface area contributed by atoms with E-state index in [4.69, 9.17) is 25.8 Å². The number of ketones is 2. The lowest BCUT2D eigenvalue weighted by Crippen LogP contribution is -2.34. The zero-order valence-electron chi connectivity index (χ0n) is 16.4. The van der Waals surface area contributed by atoms with E-state index in [-0.39, 0.29) is 12.4 Å². The maximum atomic E-state index is 12.3. The fourth-order valence-electron chi connectivity index (χ4n) is 2.86. The van der Waals surface area contributed by atoms with Crippen LogP contribution in [0.1, 0.15) is 18.1 Å². The Morgan fingerprint density at radius 2 is 1.93 bits per heavy atom. The molecule has 3 rings (SSSR count). The van der Waals surface area contributed by atoms with Gasteiger partial charge in [0.15, 0.2) is 29.0 Å². The second-order valence-electron chi connectivity index (χ2n) is 6.54. The number of hydrogen-bond donors (Lipinski definition) is 0. The number of benzene rings is 2. The number of ether oxygens (including phenoxy) is 3. The molecule has 0 aromatic heterocycles. The minimum atomic E-state index is -1.47. The fourth-order valence-corrected chi connectivity index (χ4v) is 3.05. The maximum Gasteiger partial charge on any atom is 0.329 e. The quantitative estimate of drug-likeness (QED) is 0.376. The second kappa shape index (κ2) is 9.41. The van der Waals surface area contributed by atoms with E-state index < -0.39 is 23.5 Å². The van der Waals surface area contributed by atoms with Crippen LogP contribution in [0.4, 0.5) is 0 Å². The molecule has 30 heavy (non-hydrogen) atoms. The van der Waals surface area contributed by atoms with E-state index in [0.717, 1.165) is 11.6 Å². The standard InChI is InChI=1S/C23H19ClO6/c1-14-11-19(26)22(23(27)30-14)18(25)9-7-15-8-10-20(21(12-15)28-2)29-13-16-5-3-4-6-17(16)24/h3-12,22H,13H2,1-2H3/b9-7+. The summed E-state index contributed by atoms with van der Waals surface area (Å²) in [4.78, 5) is 36.1. The monoisotopic (exact) mass is 426 g/mol. The van der Waals surface area contributed by atoms with Crippen molar-refractivity contribution in [3.63, 3.8) is 0 Å². The summed E-state index contributed by atoms with van der Waals surface area (Å²) in [5.74, 6) is -2.42. The van der Waals surface area contributed by atoms with Crippen LogP contribution < -0.4 is 9.47 Å². The molecule has 0 spiro atoms. The van der Waals surface area contributed by atoms with E-state index in [1.54, 1.807) is 24.3 Å². The van der Waals surface area contributed by atoms with Crippen LogP contribution in [0.15, 0.2) is 60.4 Å². The summed E-state index contributed by atoms with van der Waals surface area (Å²) in [5.41, 5.74) is 1.47. The highest BCUT2D eigenvalue weighted by Gasteiger charge is 2.36. The summed E-state index contributed by atoms with van der Waals surface area (Å²) >= 11 is 6.14. The van der Waals surface area contributed by atoms with Gasteiger partial charge in [0.2, 0.25) is 0 Å². The lowest BCUT2D eigenvalue weighted by Gasteiger charge is -2.15. The topological polar surface area (TPSA) is 78.9 Å². The van der Waals surface area contributed by atoms with Crippen molar-refractivity contribution in [2.45, 2.75) is 13.5 Å². The van der Waals surface area contributed by atoms with Gasteiger partial charge >= 0.3 is 5.97 Å². The first-order chi connectivity index (χ1) is 14.4. The number of carbonyl (C=O) groups excluding carboxylic acids is 3. The maximum absolute atomic E-state index is 12.3. The van der Waals surface area contributed by atoms with Gasteiger partial charge in [0, 0.05) is 16.7 Å². The van der Waals surface area contributed by atoms with Gasteiger partial charge < -0.3 is 14.2 Å². The van der Waals surface area contributed by atoms with Gasteiger partial charge in [-0.1, -0.05) is 41.9 Å². The molecule has 0 bridgehead atoms. The first-order valence-corrected chi connectivity index (χ1v) is 9.47. The zero-order chi connectivity index (χ0) is 21.7. The molecule has 1 aliphatic heterocycles. The summed E-state index contributed by atoms with van der Waals surface area (Å²) in [6.45, 7) is 1.75. The van der Waals surface area contributed by atoms with Gasteiger partial charge in [-0.25, -0.2) is 0 Å². The molecular weight excluding hydrogens is 408 g/mol. The Morgan fingerprint density at radius 3 is 2.63 bits per heavy atom. The van der Waals surface area contributed by atoms with Crippen molar-refractivity contribution in [2.24, 2.45) is 5.92 Å². The Morgan fingerprint density at radius 1 is 1.17 bits per heavy atom. The van der Waals surface area contributed by atoms with Gasteiger partial charge in [-0.05, 0) is 36.8 Å². The average Bonchev–Trinajstić information content (AvgIpc) is 2.71. The second-order valence-corrected chi connectivity index (χ2v) is 6.94. The highest BCUT2D eigenvalue weighted by molar-refractivity contribution is 6.31. The van der Waals surface area contributed by atoms with Crippen LogP contribution in [-0.4, -0.2) is 24.6 Å². The van der Waals surface area contributed by atoms with Crippen molar-refractivity contribution in [2.75, 3.05) is 7.11 Å². The van der Waals surface area contributed by atoms with Crippen LogP contribution >= 0.6 is 11.6 Å². The zero-order valence-corrected chi connectivity index (χ0v) is 17.1. The van der Waals surface area contributed by atoms with Gasteiger partial charge in [-0.2, -0.15) is 0 Å². The predicted octanol–water partition coefficient (Wildman–Crippen LogP) is 4.16. The van der Waals surface area contributed by atoms with E-state index >= 15 is 0 Å². The number of hydrogen-bond acceptors (Lipinski definition) is 6. The molecular formula is C23H19ClO6. The Kier molecular flexibility index (Phi) is 6.69. The van der Waals surface area contributed by atoms with Crippen LogP contribution in [0, 0.1) is 5.92 Å². The minimum Gasteiger partial charge on any atom is -0.493 e. The number of rotatable bonds is 7. The number of halogens is 1. The molecule has 0 radical (unpaired) electrons. The molecule has 0 fully saturated rings. The number of allylic oxidation sites excluding steroid dienone is 3. The average molecular weight is 427 g/mol. The molecule has 1 aliphatic rings. The molecule has 0 N–H and O–H groups in total. The number of methoxy groups -OCH3 is 1. The SMILES string of the molecule is COc1cc(/C=C/C(=O)C2C(=O)C=C(C)OC2=O)ccc1OCc1ccccc1Cl. The summed E-state index contributed by atoms with van der Waals surface area (Å²) in [7, 11) is 1.50. The summed E-state index contributed by atoms with van der Waals surface area (Å²) in [6, 6.07) is 12.5. The molecule has 154 valence electrons. The third-order valence-electron chi connectivity index (χ3n) is 4.38. The van der Waals surface area contributed by atoms with Gasteiger partial charge in [0.1, 0.15) is 12.4 Å². The van der Waals surface area contributed by atoms with Gasteiger partial charge in [0.05, 0.1) is 7.11 Å². The molecule has 2 aromatic carbocycles. The Labute approximate surface area is 178 Å². The molecule has 1 atom stereocenters. The lowest BCUT2D eigenvalue weighted by molar-refractivity contribution is -0.151. The van der Waals surface area contributed by atoms with E-state index in [1.807, 2.05) is 18.2 Å². The minimum absolute atomic E-state index is 0.176. The number of carbonyl (C=O) groups is 3. The van der Waals surface area contributed by atoms with E-state index in [9.17, 15) is 14.4 Å². The van der Waals surface area contributed by atoms with Gasteiger partial charge in [-0.15, -0.1) is 0 Å². The molecule has 1 heterocycles. The molecule has 0 saturated heterocycles. The van der Waals surface area contributed by atoms with Crippen LogP contribution in [0.5, 0.6) is 11.5 Å². The first-order valence-electron chi connectivity index (χ1n) is 9.09. The van der Waals surface area contributed by atoms with Crippen LogP contribution in [-0.2, 0) is 25.7 Å². The molecule has 0 aliphatic carbocycles. The third-order valence-corrected chi connectivity index (χ3v) is 4.75. The molecule has 1 unspecified atom stereocenters. The first kappa shape index (κ1) is 21.3. The summed E-state index contributed by atoms with van der Waals surface area (Å²) in [6.07, 6.45) is 3.82. The molecule has 6 nitrogen and oxygen atoms in total. The molecule has 7 heteroatoms. The van der Waals surface area contributed by atoms with Crippen molar-refractivity contribution < 1.29 is 28.6 Å². The van der Waals surface area contributed by atoms with E-state index in [1.165, 1.54) is 26.2 Å². The third kappa shape index (κ3) is 4.96. The van der Waals surface area contributed by atoms with Crippen molar-refractivity contribution >= 4 is 35.2 Å². The van der Waals surface area contributed by atoms with E-state index in [0.29, 0.717) is 22.1 Å². The normalized spacial score (nSPS) is 16.2. The van der Waals surface area contributed by atoms with Gasteiger partial charge in [-0.3, -0.25) is 14.4 Å². The highest BCUT2D eigenvalue weighted by atomic mass is 35.5.